The van der Waals surface area contributed by atoms with E-state index >= 15 is 0 Å². The summed E-state index contributed by atoms with van der Waals surface area (Å²) in [4.78, 5) is 11.2. The summed E-state index contributed by atoms with van der Waals surface area (Å²) < 4.78 is 5.53. The molecule has 3 heteroatoms. The lowest BCUT2D eigenvalue weighted by Gasteiger charge is -2.18. The first-order valence-corrected chi connectivity index (χ1v) is 6.57. The fourth-order valence-corrected chi connectivity index (χ4v) is 1.71. The highest BCUT2D eigenvalue weighted by atomic mass is 16.5. The SMILES string of the molecule is CC(C)/C=C/[C@@H](C)[C@H](OCc1ccccc1)C(=O)O. The topological polar surface area (TPSA) is 46.5 Å². The Hall–Kier alpha value is -1.61. The van der Waals surface area contributed by atoms with Gasteiger partial charge in [-0.05, 0) is 11.5 Å². The van der Waals surface area contributed by atoms with Gasteiger partial charge in [0, 0.05) is 5.92 Å². The van der Waals surface area contributed by atoms with Crippen LogP contribution < -0.4 is 0 Å². The van der Waals surface area contributed by atoms with E-state index in [1.54, 1.807) is 0 Å². The molecule has 3 nitrogen and oxygen atoms in total. The van der Waals surface area contributed by atoms with Crippen LogP contribution in [0.5, 0.6) is 0 Å². The third-order valence-electron chi connectivity index (χ3n) is 2.79. The fourth-order valence-electron chi connectivity index (χ4n) is 1.71. The second-order valence-corrected chi connectivity index (χ2v) is 5.04. The van der Waals surface area contributed by atoms with Crippen LogP contribution in [0.1, 0.15) is 26.3 Å². The summed E-state index contributed by atoms with van der Waals surface area (Å²) in [5, 5.41) is 9.23. The van der Waals surface area contributed by atoms with Crippen molar-refractivity contribution >= 4 is 5.97 Å². The van der Waals surface area contributed by atoms with Crippen molar-refractivity contribution in [3.05, 3.63) is 48.0 Å². The van der Waals surface area contributed by atoms with Gasteiger partial charge in [0.1, 0.15) is 0 Å². The maximum atomic E-state index is 11.2. The minimum Gasteiger partial charge on any atom is -0.479 e. The summed E-state index contributed by atoms with van der Waals surface area (Å²) >= 11 is 0. The fraction of sp³-hybridized carbons (Fsp3) is 0.438. The van der Waals surface area contributed by atoms with Crippen LogP contribution in [-0.4, -0.2) is 17.2 Å². The lowest BCUT2D eigenvalue weighted by atomic mass is 10.0. The molecule has 0 aromatic heterocycles. The second kappa shape index (κ2) is 7.74. The van der Waals surface area contributed by atoms with E-state index in [1.807, 2.05) is 49.4 Å². The van der Waals surface area contributed by atoms with Crippen molar-refractivity contribution in [3.63, 3.8) is 0 Å². The van der Waals surface area contributed by atoms with Gasteiger partial charge >= 0.3 is 5.97 Å². The zero-order valence-electron chi connectivity index (χ0n) is 11.7. The van der Waals surface area contributed by atoms with Crippen molar-refractivity contribution in [3.8, 4) is 0 Å². The quantitative estimate of drug-likeness (QED) is 0.765. The van der Waals surface area contributed by atoms with Crippen molar-refractivity contribution in [1.29, 1.82) is 0 Å². The number of carboxylic acid groups (broad SMARTS) is 1. The molecule has 0 aliphatic rings. The van der Waals surface area contributed by atoms with Crippen LogP contribution in [0.2, 0.25) is 0 Å². The largest absolute Gasteiger partial charge is 0.479 e. The van der Waals surface area contributed by atoms with Crippen LogP contribution in [0.15, 0.2) is 42.5 Å². The summed E-state index contributed by atoms with van der Waals surface area (Å²) in [6.45, 7) is 6.30. The average molecular weight is 262 g/mol. The molecule has 0 bridgehead atoms. The number of carboxylic acids is 1. The van der Waals surface area contributed by atoms with Crippen LogP contribution >= 0.6 is 0 Å². The van der Waals surface area contributed by atoms with E-state index in [9.17, 15) is 9.90 Å². The number of hydrogen-bond acceptors (Lipinski definition) is 2. The highest BCUT2D eigenvalue weighted by Crippen LogP contribution is 2.14. The number of benzene rings is 1. The van der Waals surface area contributed by atoms with Gasteiger partial charge in [-0.25, -0.2) is 4.79 Å². The molecule has 0 fully saturated rings. The molecule has 0 radical (unpaired) electrons. The predicted octanol–water partition coefficient (Wildman–Crippen LogP) is 3.50. The lowest BCUT2D eigenvalue weighted by molar-refractivity contribution is -0.153. The van der Waals surface area contributed by atoms with E-state index in [0.29, 0.717) is 12.5 Å². The Morgan fingerprint density at radius 1 is 1.21 bits per heavy atom. The standard InChI is InChI=1S/C16H22O3/c1-12(2)9-10-13(3)15(16(17)18)19-11-14-7-5-4-6-8-14/h4-10,12-13,15H,11H2,1-3H3,(H,17,18)/b10-9+/t13-,15+/m1/s1. The summed E-state index contributed by atoms with van der Waals surface area (Å²) in [6.07, 6.45) is 3.11. The third kappa shape index (κ3) is 5.71. The van der Waals surface area contributed by atoms with E-state index in [0.717, 1.165) is 5.56 Å². The summed E-state index contributed by atoms with van der Waals surface area (Å²) in [6, 6.07) is 9.60. The van der Waals surface area contributed by atoms with Crippen LogP contribution in [0.4, 0.5) is 0 Å². The molecule has 0 unspecified atom stereocenters. The van der Waals surface area contributed by atoms with E-state index in [2.05, 4.69) is 13.8 Å². The number of rotatable bonds is 7. The number of carbonyl (C=O) groups is 1. The maximum Gasteiger partial charge on any atom is 0.333 e. The molecule has 19 heavy (non-hydrogen) atoms. The Labute approximate surface area is 114 Å². The van der Waals surface area contributed by atoms with Crippen LogP contribution in [0.3, 0.4) is 0 Å². The molecule has 0 aliphatic heterocycles. The molecule has 1 rings (SSSR count). The summed E-state index contributed by atoms with van der Waals surface area (Å²) in [5.74, 6) is -0.661. The van der Waals surface area contributed by atoms with Gasteiger partial charge in [-0.2, -0.15) is 0 Å². The Bertz CT molecular complexity index is 409. The predicted molar refractivity (Wildman–Crippen MR) is 75.8 cm³/mol. The molecule has 2 atom stereocenters. The van der Waals surface area contributed by atoms with E-state index < -0.39 is 12.1 Å². The average Bonchev–Trinajstić information content (AvgIpc) is 2.37. The molecular weight excluding hydrogens is 240 g/mol. The molecule has 1 aromatic carbocycles. The first-order chi connectivity index (χ1) is 9.00. The Morgan fingerprint density at radius 3 is 2.37 bits per heavy atom. The molecule has 104 valence electrons. The molecule has 0 spiro atoms. The van der Waals surface area contributed by atoms with Crippen molar-refractivity contribution in [2.75, 3.05) is 0 Å². The normalized spacial score (nSPS) is 14.7. The number of hydrogen-bond donors (Lipinski definition) is 1. The molecule has 1 aromatic rings. The van der Waals surface area contributed by atoms with Gasteiger partial charge in [0.2, 0.25) is 0 Å². The Kier molecular flexibility index (Phi) is 6.30. The van der Waals surface area contributed by atoms with Gasteiger partial charge in [0.25, 0.3) is 0 Å². The molecular formula is C16H22O3. The molecule has 0 saturated heterocycles. The van der Waals surface area contributed by atoms with Crippen molar-refractivity contribution in [1.82, 2.24) is 0 Å². The van der Waals surface area contributed by atoms with Crippen LogP contribution in [0, 0.1) is 11.8 Å². The third-order valence-corrected chi connectivity index (χ3v) is 2.79. The zero-order valence-corrected chi connectivity index (χ0v) is 11.7. The molecule has 0 aliphatic carbocycles. The van der Waals surface area contributed by atoms with Gasteiger partial charge in [-0.3, -0.25) is 0 Å². The van der Waals surface area contributed by atoms with E-state index in [-0.39, 0.29) is 5.92 Å². The number of aliphatic carboxylic acids is 1. The number of allylic oxidation sites excluding steroid dienone is 1. The van der Waals surface area contributed by atoms with Gasteiger partial charge in [-0.1, -0.05) is 63.3 Å². The van der Waals surface area contributed by atoms with Crippen LogP contribution in [0.25, 0.3) is 0 Å². The monoisotopic (exact) mass is 262 g/mol. The molecule has 0 saturated carbocycles. The number of ether oxygens (including phenoxy) is 1. The van der Waals surface area contributed by atoms with Crippen LogP contribution in [-0.2, 0) is 16.1 Å². The van der Waals surface area contributed by atoms with Gasteiger partial charge in [0.15, 0.2) is 6.10 Å². The molecule has 0 amide bonds. The minimum absolute atomic E-state index is 0.149. The first kappa shape index (κ1) is 15.4. The van der Waals surface area contributed by atoms with Gasteiger partial charge in [-0.15, -0.1) is 0 Å². The van der Waals surface area contributed by atoms with Crippen molar-refractivity contribution in [2.24, 2.45) is 11.8 Å². The first-order valence-electron chi connectivity index (χ1n) is 6.57. The maximum absolute atomic E-state index is 11.2. The van der Waals surface area contributed by atoms with E-state index in [4.69, 9.17) is 4.74 Å². The molecule has 0 heterocycles. The smallest absolute Gasteiger partial charge is 0.333 e. The minimum atomic E-state index is -0.920. The highest BCUT2D eigenvalue weighted by molar-refractivity contribution is 5.73. The van der Waals surface area contributed by atoms with Gasteiger partial charge < -0.3 is 9.84 Å². The Morgan fingerprint density at radius 2 is 1.84 bits per heavy atom. The summed E-state index contributed by atoms with van der Waals surface area (Å²) in [7, 11) is 0. The van der Waals surface area contributed by atoms with Crippen molar-refractivity contribution < 1.29 is 14.6 Å². The zero-order chi connectivity index (χ0) is 14.3. The lowest BCUT2D eigenvalue weighted by Crippen LogP contribution is -2.29. The van der Waals surface area contributed by atoms with E-state index in [1.165, 1.54) is 0 Å². The summed E-state index contributed by atoms with van der Waals surface area (Å²) in [5.41, 5.74) is 0.980. The molecule has 1 N–H and O–H groups in total. The second-order valence-electron chi connectivity index (χ2n) is 5.04. The highest BCUT2D eigenvalue weighted by Gasteiger charge is 2.23. The van der Waals surface area contributed by atoms with Gasteiger partial charge in [0.05, 0.1) is 6.61 Å². The van der Waals surface area contributed by atoms with Crippen molar-refractivity contribution in [2.45, 2.75) is 33.5 Å². The Balaban J connectivity index is 2.60.